The summed E-state index contributed by atoms with van der Waals surface area (Å²) in [6.07, 6.45) is 3.16. The van der Waals surface area contributed by atoms with Crippen LogP contribution < -0.4 is 5.32 Å². The van der Waals surface area contributed by atoms with E-state index in [1.54, 1.807) is 12.1 Å². The highest BCUT2D eigenvalue weighted by molar-refractivity contribution is 5.48. The zero-order valence-electron chi connectivity index (χ0n) is 10.9. The molecule has 2 aromatic rings. The molecule has 0 amide bonds. The molecule has 0 aliphatic heterocycles. The monoisotopic (exact) mass is 259 g/mol. The fourth-order valence-electron chi connectivity index (χ4n) is 1.96. The number of rotatable bonds is 6. The summed E-state index contributed by atoms with van der Waals surface area (Å²) in [4.78, 5) is 10.2. The minimum absolute atomic E-state index is 0.111. The summed E-state index contributed by atoms with van der Waals surface area (Å²) in [5.74, 6) is 0. The summed E-state index contributed by atoms with van der Waals surface area (Å²) in [5.41, 5.74) is 2.20. The maximum Gasteiger partial charge on any atom is 0.269 e. The molecule has 0 saturated heterocycles. The van der Waals surface area contributed by atoms with Crippen LogP contribution in [0, 0.1) is 10.1 Å². The van der Waals surface area contributed by atoms with E-state index in [0.717, 1.165) is 18.7 Å². The quantitative estimate of drug-likeness (QED) is 0.638. The van der Waals surface area contributed by atoms with Crippen LogP contribution in [0.5, 0.6) is 0 Å². The number of aryl methyl sites for hydroxylation is 1. The summed E-state index contributed by atoms with van der Waals surface area (Å²) in [5, 5.41) is 13.8. The number of nitrogens with one attached hydrogen (secondary N) is 1. The van der Waals surface area contributed by atoms with E-state index in [0.29, 0.717) is 6.54 Å². The lowest BCUT2D eigenvalue weighted by Crippen LogP contribution is -2.06. The molecule has 0 radical (unpaired) electrons. The van der Waals surface area contributed by atoms with Crippen LogP contribution in [-0.2, 0) is 13.1 Å². The third-order valence-corrected chi connectivity index (χ3v) is 2.94. The molecule has 0 fully saturated rings. The maximum absolute atomic E-state index is 10.6. The molecule has 0 atom stereocenters. The molecule has 2 rings (SSSR count). The van der Waals surface area contributed by atoms with E-state index in [2.05, 4.69) is 29.1 Å². The Morgan fingerprint density at radius 3 is 2.63 bits per heavy atom. The van der Waals surface area contributed by atoms with E-state index >= 15 is 0 Å². The van der Waals surface area contributed by atoms with Gasteiger partial charge in [0.2, 0.25) is 0 Å². The highest BCUT2D eigenvalue weighted by Crippen LogP contribution is 2.16. The molecule has 0 unspecified atom stereocenters. The fraction of sp³-hybridized carbons (Fsp3) is 0.286. The predicted octanol–water partition coefficient (Wildman–Crippen LogP) is 3.42. The zero-order valence-corrected chi connectivity index (χ0v) is 10.9. The van der Waals surface area contributed by atoms with Crippen molar-refractivity contribution in [2.75, 3.05) is 5.32 Å². The van der Waals surface area contributed by atoms with Gasteiger partial charge in [-0.25, -0.2) is 0 Å². The van der Waals surface area contributed by atoms with Crippen LogP contribution in [-0.4, -0.2) is 9.49 Å². The Kier molecular flexibility index (Phi) is 4.18. The normalized spacial score (nSPS) is 10.4. The Labute approximate surface area is 112 Å². The molecule has 0 bridgehead atoms. The van der Waals surface area contributed by atoms with E-state index < -0.39 is 4.92 Å². The molecule has 5 heteroatoms. The van der Waals surface area contributed by atoms with Gasteiger partial charge in [0, 0.05) is 36.3 Å². The molecule has 0 aliphatic rings. The maximum atomic E-state index is 10.6. The van der Waals surface area contributed by atoms with Crippen LogP contribution >= 0.6 is 0 Å². The van der Waals surface area contributed by atoms with Crippen molar-refractivity contribution in [3.05, 3.63) is 58.4 Å². The molecule has 100 valence electrons. The third kappa shape index (κ3) is 3.34. The second kappa shape index (κ2) is 6.04. The van der Waals surface area contributed by atoms with Crippen molar-refractivity contribution in [3.63, 3.8) is 0 Å². The van der Waals surface area contributed by atoms with Crippen LogP contribution in [0.25, 0.3) is 0 Å². The second-order valence-electron chi connectivity index (χ2n) is 4.35. The first kappa shape index (κ1) is 13.1. The molecule has 1 N–H and O–H groups in total. The highest BCUT2D eigenvalue weighted by Gasteiger charge is 2.04. The number of benzene rings is 1. The topological polar surface area (TPSA) is 60.1 Å². The molecule has 5 nitrogen and oxygen atoms in total. The molecule has 0 aliphatic carbocycles. The van der Waals surface area contributed by atoms with Crippen molar-refractivity contribution in [1.29, 1.82) is 0 Å². The van der Waals surface area contributed by atoms with Crippen molar-refractivity contribution in [2.45, 2.75) is 26.4 Å². The van der Waals surface area contributed by atoms with Crippen molar-refractivity contribution in [2.24, 2.45) is 0 Å². The second-order valence-corrected chi connectivity index (χ2v) is 4.35. The Balaban J connectivity index is 1.98. The van der Waals surface area contributed by atoms with Gasteiger partial charge in [0.05, 0.1) is 11.5 Å². The first-order chi connectivity index (χ1) is 9.20. The summed E-state index contributed by atoms with van der Waals surface area (Å²) in [7, 11) is 0. The van der Waals surface area contributed by atoms with E-state index in [4.69, 9.17) is 0 Å². The van der Waals surface area contributed by atoms with Crippen molar-refractivity contribution in [3.8, 4) is 0 Å². The average molecular weight is 259 g/mol. The SMILES string of the molecule is CCCn1cccc1CNc1ccc([N+](=O)[O-])cc1. The minimum Gasteiger partial charge on any atom is -0.379 e. The number of nitro benzene ring substituents is 1. The van der Waals surface area contributed by atoms with Gasteiger partial charge in [-0.1, -0.05) is 6.92 Å². The molecular formula is C14H17N3O2. The highest BCUT2D eigenvalue weighted by atomic mass is 16.6. The lowest BCUT2D eigenvalue weighted by atomic mass is 10.3. The van der Waals surface area contributed by atoms with E-state index in [9.17, 15) is 10.1 Å². The van der Waals surface area contributed by atoms with Gasteiger partial charge < -0.3 is 9.88 Å². The Bertz CT molecular complexity index is 546. The molecule has 1 aromatic heterocycles. The smallest absolute Gasteiger partial charge is 0.269 e. The van der Waals surface area contributed by atoms with E-state index in [1.165, 1.54) is 17.8 Å². The molecule has 0 spiro atoms. The molecule has 1 heterocycles. The average Bonchev–Trinajstić information content (AvgIpc) is 2.85. The zero-order chi connectivity index (χ0) is 13.7. The number of aromatic nitrogens is 1. The number of nitro groups is 1. The number of hydrogen-bond donors (Lipinski definition) is 1. The van der Waals surface area contributed by atoms with Crippen LogP contribution in [0.1, 0.15) is 19.0 Å². The molecule has 19 heavy (non-hydrogen) atoms. The summed E-state index contributed by atoms with van der Waals surface area (Å²) < 4.78 is 2.21. The lowest BCUT2D eigenvalue weighted by Gasteiger charge is -2.10. The third-order valence-electron chi connectivity index (χ3n) is 2.94. The number of hydrogen-bond acceptors (Lipinski definition) is 3. The van der Waals surface area contributed by atoms with Gasteiger partial charge in [-0.3, -0.25) is 10.1 Å². The van der Waals surface area contributed by atoms with Gasteiger partial charge in [0.15, 0.2) is 0 Å². The first-order valence-corrected chi connectivity index (χ1v) is 6.33. The summed E-state index contributed by atoms with van der Waals surface area (Å²) >= 11 is 0. The largest absolute Gasteiger partial charge is 0.379 e. The Morgan fingerprint density at radius 2 is 2.00 bits per heavy atom. The van der Waals surface area contributed by atoms with Gasteiger partial charge in [0.1, 0.15) is 0 Å². The molecule has 0 saturated carbocycles. The lowest BCUT2D eigenvalue weighted by molar-refractivity contribution is -0.384. The predicted molar refractivity (Wildman–Crippen MR) is 75.1 cm³/mol. The molecular weight excluding hydrogens is 242 g/mol. The standard InChI is InChI=1S/C14H17N3O2/c1-2-9-16-10-3-4-14(16)11-15-12-5-7-13(8-6-12)17(18)19/h3-8,10,15H,2,9,11H2,1H3. The van der Waals surface area contributed by atoms with Gasteiger partial charge in [0.25, 0.3) is 5.69 Å². The Morgan fingerprint density at radius 1 is 1.26 bits per heavy atom. The van der Waals surface area contributed by atoms with Gasteiger partial charge >= 0.3 is 0 Å². The van der Waals surface area contributed by atoms with Crippen molar-refractivity contribution >= 4 is 11.4 Å². The van der Waals surface area contributed by atoms with Gasteiger partial charge in [-0.2, -0.15) is 0 Å². The van der Waals surface area contributed by atoms with Crippen LogP contribution in [0.2, 0.25) is 0 Å². The van der Waals surface area contributed by atoms with Gasteiger partial charge in [-0.05, 0) is 30.7 Å². The van der Waals surface area contributed by atoms with Crippen molar-refractivity contribution < 1.29 is 4.92 Å². The first-order valence-electron chi connectivity index (χ1n) is 6.33. The van der Waals surface area contributed by atoms with E-state index in [-0.39, 0.29) is 5.69 Å². The fourth-order valence-corrected chi connectivity index (χ4v) is 1.96. The Hall–Kier alpha value is -2.30. The van der Waals surface area contributed by atoms with Crippen LogP contribution in [0.4, 0.5) is 11.4 Å². The summed E-state index contributed by atoms with van der Waals surface area (Å²) in [6, 6.07) is 10.6. The van der Waals surface area contributed by atoms with E-state index in [1.807, 2.05) is 6.07 Å². The van der Waals surface area contributed by atoms with Crippen molar-refractivity contribution in [1.82, 2.24) is 4.57 Å². The summed E-state index contributed by atoms with van der Waals surface area (Å²) in [6.45, 7) is 3.86. The number of anilines is 1. The van der Waals surface area contributed by atoms with Gasteiger partial charge in [-0.15, -0.1) is 0 Å². The molecule has 1 aromatic carbocycles. The number of non-ortho nitro benzene ring substituents is 1. The van der Waals surface area contributed by atoms with Crippen LogP contribution in [0.3, 0.4) is 0 Å². The number of nitrogens with zero attached hydrogens (tertiary/aromatic N) is 2. The van der Waals surface area contributed by atoms with Crippen LogP contribution in [0.15, 0.2) is 42.6 Å². The minimum atomic E-state index is -0.393.